The average molecular weight is 343 g/mol. The van der Waals surface area contributed by atoms with Crippen molar-refractivity contribution in [2.75, 3.05) is 13.1 Å². The summed E-state index contributed by atoms with van der Waals surface area (Å²) in [6, 6.07) is 5.72. The van der Waals surface area contributed by atoms with Gasteiger partial charge in [0.05, 0.1) is 23.5 Å². The molecular weight excluding hydrogens is 318 g/mol. The van der Waals surface area contributed by atoms with Gasteiger partial charge in [-0.15, -0.1) is 0 Å². The van der Waals surface area contributed by atoms with E-state index in [1.807, 2.05) is 39.0 Å². The largest absolute Gasteiger partial charge is 0.353 e. The summed E-state index contributed by atoms with van der Waals surface area (Å²) in [5, 5.41) is 5.76. The number of aryl methyl sites for hydroxylation is 1. The molecule has 25 heavy (non-hydrogen) atoms. The van der Waals surface area contributed by atoms with Gasteiger partial charge in [0, 0.05) is 25.7 Å². The lowest BCUT2D eigenvalue weighted by Crippen LogP contribution is -2.58. The first-order chi connectivity index (χ1) is 11.9. The Labute approximate surface area is 147 Å². The molecule has 1 saturated heterocycles. The van der Waals surface area contributed by atoms with Crippen LogP contribution < -0.4 is 10.6 Å². The number of nitrogens with one attached hydrogen (secondary N) is 3. The van der Waals surface area contributed by atoms with Gasteiger partial charge in [-0.2, -0.15) is 0 Å². The molecule has 0 radical (unpaired) electrons. The first-order valence-electron chi connectivity index (χ1n) is 8.69. The molecule has 134 valence electrons. The summed E-state index contributed by atoms with van der Waals surface area (Å²) >= 11 is 0. The van der Waals surface area contributed by atoms with E-state index in [2.05, 4.69) is 25.5 Å². The number of aromatic nitrogens is 2. The van der Waals surface area contributed by atoms with Crippen LogP contribution in [0.15, 0.2) is 18.2 Å². The highest BCUT2D eigenvalue weighted by Crippen LogP contribution is 2.15. The number of fused-ring (bicyclic) bond motifs is 1. The maximum Gasteiger partial charge on any atom is 0.237 e. The molecule has 2 heterocycles. The third kappa shape index (κ3) is 3.99. The van der Waals surface area contributed by atoms with Gasteiger partial charge in [-0.3, -0.25) is 14.5 Å². The summed E-state index contributed by atoms with van der Waals surface area (Å²) in [4.78, 5) is 34.1. The van der Waals surface area contributed by atoms with E-state index in [1.54, 1.807) is 0 Å². The highest BCUT2D eigenvalue weighted by Gasteiger charge is 2.32. The predicted molar refractivity (Wildman–Crippen MR) is 95.9 cm³/mol. The van der Waals surface area contributed by atoms with Gasteiger partial charge in [-0.25, -0.2) is 4.98 Å². The van der Waals surface area contributed by atoms with Gasteiger partial charge in [0.2, 0.25) is 11.8 Å². The molecule has 1 aliphatic heterocycles. The number of piperazine rings is 1. The molecule has 0 unspecified atom stereocenters. The first kappa shape index (κ1) is 17.4. The Balaban J connectivity index is 1.60. The number of rotatable bonds is 5. The molecule has 0 saturated carbocycles. The zero-order chi connectivity index (χ0) is 18.0. The first-order valence-corrected chi connectivity index (χ1v) is 8.69. The summed E-state index contributed by atoms with van der Waals surface area (Å²) < 4.78 is 0. The van der Waals surface area contributed by atoms with Crippen molar-refractivity contribution in [3.05, 3.63) is 29.6 Å². The van der Waals surface area contributed by atoms with Crippen molar-refractivity contribution in [3.63, 3.8) is 0 Å². The number of hydrogen-bond acceptors (Lipinski definition) is 4. The number of imidazole rings is 1. The third-order valence-corrected chi connectivity index (χ3v) is 4.57. The fraction of sp³-hybridized carbons (Fsp3) is 0.500. The summed E-state index contributed by atoms with van der Waals surface area (Å²) in [6.45, 7) is 7.85. The molecule has 0 aliphatic carbocycles. The molecule has 2 aromatic rings. The highest BCUT2D eigenvalue weighted by atomic mass is 16.2. The molecule has 1 aliphatic rings. The van der Waals surface area contributed by atoms with Gasteiger partial charge < -0.3 is 15.6 Å². The van der Waals surface area contributed by atoms with Gasteiger partial charge in [0.1, 0.15) is 5.82 Å². The molecule has 7 heteroatoms. The zero-order valence-corrected chi connectivity index (χ0v) is 14.9. The number of hydrogen-bond donors (Lipinski definition) is 3. The van der Waals surface area contributed by atoms with E-state index in [-0.39, 0.29) is 24.3 Å². The van der Waals surface area contributed by atoms with E-state index in [9.17, 15) is 9.59 Å². The van der Waals surface area contributed by atoms with E-state index >= 15 is 0 Å². The minimum absolute atomic E-state index is 0.0653. The normalized spacial score (nSPS) is 18.6. The van der Waals surface area contributed by atoms with Crippen LogP contribution >= 0.6 is 0 Å². The van der Waals surface area contributed by atoms with Crippen molar-refractivity contribution < 1.29 is 9.59 Å². The monoisotopic (exact) mass is 343 g/mol. The Bertz CT molecular complexity index is 783. The van der Waals surface area contributed by atoms with Crippen LogP contribution in [-0.2, 0) is 16.1 Å². The molecule has 7 nitrogen and oxygen atoms in total. The minimum atomic E-state index is -0.397. The molecular formula is C18H25N5O2. The lowest BCUT2D eigenvalue weighted by atomic mass is 10.1. The van der Waals surface area contributed by atoms with Gasteiger partial charge in [-0.1, -0.05) is 6.07 Å². The topological polar surface area (TPSA) is 90.1 Å². The van der Waals surface area contributed by atoms with Crippen molar-refractivity contribution in [2.45, 2.75) is 45.8 Å². The van der Waals surface area contributed by atoms with Gasteiger partial charge in [0.15, 0.2) is 0 Å². The van der Waals surface area contributed by atoms with Crippen molar-refractivity contribution in [1.82, 2.24) is 25.5 Å². The lowest BCUT2D eigenvalue weighted by Gasteiger charge is -2.37. The van der Waals surface area contributed by atoms with Crippen LogP contribution in [0, 0.1) is 6.92 Å². The standard InChI is InChI=1S/C18H25N5O2/c1-11(2)23-7-6-19-18(25)16(23)9-17(24)20-10-13-4-5-14-15(8-13)22-12(3)21-14/h4-5,8,11,16H,6-7,9-10H2,1-3H3,(H,19,25)(H,20,24)(H,21,22)/t16-/m1/s1. The van der Waals surface area contributed by atoms with Crippen molar-refractivity contribution in [3.8, 4) is 0 Å². The summed E-state index contributed by atoms with van der Waals surface area (Å²) in [5.41, 5.74) is 2.87. The second-order valence-electron chi connectivity index (χ2n) is 6.79. The Morgan fingerprint density at radius 2 is 2.24 bits per heavy atom. The maximum atomic E-state index is 12.3. The van der Waals surface area contributed by atoms with Crippen LogP contribution in [0.25, 0.3) is 11.0 Å². The maximum absolute atomic E-state index is 12.3. The van der Waals surface area contributed by atoms with Crippen LogP contribution in [0.4, 0.5) is 0 Å². The fourth-order valence-electron chi connectivity index (χ4n) is 3.30. The van der Waals surface area contributed by atoms with E-state index in [1.165, 1.54) is 0 Å². The molecule has 2 amide bonds. The Kier molecular flexibility index (Phi) is 5.03. The minimum Gasteiger partial charge on any atom is -0.353 e. The second kappa shape index (κ2) is 7.23. The van der Waals surface area contributed by atoms with E-state index in [0.29, 0.717) is 13.1 Å². The number of carbonyl (C=O) groups is 2. The van der Waals surface area contributed by atoms with E-state index in [4.69, 9.17) is 0 Å². The predicted octanol–water partition coefficient (Wildman–Crippen LogP) is 1.09. The summed E-state index contributed by atoms with van der Waals surface area (Å²) in [5.74, 6) is 0.686. The number of benzene rings is 1. The SMILES string of the molecule is Cc1nc2ccc(CNC(=O)C[C@@H]3C(=O)NCCN3C(C)C)cc2[nH]1. The zero-order valence-electron chi connectivity index (χ0n) is 14.9. The molecule has 1 aromatic heterocycles. The van der Waals surface area contributed by atoms with E-state index in [0.717, 1.165) is 29.0 Å². The highest BCUT2D eigenvalue weighted by molar-refractivity contribution is 5.88. The number of amides is 2. The molecule has 0 bridgehead atoms. The Morgan fingerprint density at radius 1 is 1.44 bits per heavy atom. The van der Waals surface area contributed by atoms with Gasteiger partial charge in [-0.05, 0) is 38.5 Å². The summed E-state index contributed by atoms with van der Waals surface area (Å²) in [7, 11) is 0. The Hall–Kier alpha value is -2.41. The second-order valence-corrected chi connectivity index (χ2v) is 6.79. The third-order valence-electron chi connectivity index (χ3n) is 4.57. The van der Waals surface area contributed by atoms with Crippen LogP contribution in [0.3, 0.4) is 0 Å². The fourth-order valence-corrected chi connectivity index (χ4v) is 3.30. The van der Waals surface area contributed by atoms with Crippen molar-refractivity contribution in [1.29, 1.82) is 0 Å². The number of aromatic amines is 1. The molecule has 1 atom stereocenters. The number of nitrogens with zero attached hydrogens (tertiary/aromatic N) is 2. The van der Waals surface area contributed by atoms with E-state index < -0.39 is 6.04 Å². The van der Waals surface area contributed by atoms with Gasteiger partial charge in [0.25, 0.3) is 0 Å². The van der Waals surface area contributed by atoms with Crippen LogP contribution in [-0.4, -0.2) is 51.9 Å². The average Bonchev–Trinajstić information content (AvgIpc) is 2.93. The quantitative estimate of drug-likeness (QED) is 0.758. The van der Waals surface area contributed by atoms with Crippen LogP contribution in [0.2, 0.25) is 0 Å². The number of carbonyl (C=O) groups excluding carboxylic acids is 2. The van der Waals surface area contributed by atoms with Crippen LogP contribution in [0.5, 0.6) is 0 Å². The molecule has 1 fully saturated rings. The number of H-pyrrole nitrogens is 1. The van der Waals surface area contributed by atoms with Crippen LogP contribution in [0.1, 0.15) is 31.7 Å². The summed E-state index contributed by atoms with van der Waals surface area (Å²) in [6.07, 6.45) is 0.176. The smallest absolute Gasteiger partial charge is 0.237 e. The molecule has 3 N–H and O–H groups in total. The molecule has 0 spiro atoms. The van der Waals surface area contributed by atoms with Crippen molar-refractivity contribution >= 4 is 22.8 Å². The van der Waals surface area contributed by atoms with Crippen molar-refractivity contribution in [2.24, 2.45) is 0 Å². The molecule has 1 aromatic carbocycles. The Morgan fingerprint density at radius 3 is 3.00 bits per heavy atom. The molecule has 3 rings (SSSR count). The lowest BCUT2D eigenvalue weighted by molar-refractivity contribution is -0.134. The van der Waals surface area contributed by atoms with Gasteiger partial charge >= 0.3 is 0 Å².